The van der Waals surface area contributed by atoms with Gasteiger partial charge in [-0.2, -0.15) is 4.98 Å². The average molecular weight is 344 g/mol. The van der Waals surface area contributed by atoms with Crippen LogP contribution in [-0.2, 0) is 6.61 Å². The first-order valence-corrected chi connectivity index (χ1v) is 8.42. The molecule has 1 aromatic carbocycles. The highest BCUT2D eigenvalue weighted by Crippen LogP contribution is 2.26. The Morgan fingerprint density at radius 3 is 2.76 bits per heavy atom. The third-order valence-corrected chi connectivity index (χ3v) is 4.57. The summed E-state index contributed by atoms with van der Waals surface area (Å²) in [5, 5.41) is 3.81. The van der Waals surface area contributed by atoms with Gasteiger partial charge in [0.2, 0.25) is 11.7 Å². The molecule has 1 saturated heterocycles. The van der Waals surface area contributed by atoms with Crippen molar-refractivity contribution in [3.05, 3.63) is 41.5 Å². The number of benzene rings is 1. The van der Waals surface area contributed by atoms with Crippen molar-refractivity contribution in [2.24, 2.45) is 5.92 Å². The standard InChI is InChI=1S/C18H24N4O3/c1-12-9-22(10-15(12)21(3)4)18(23)14-7-5-6-8-16(14)24-11-17-19-13(2)25-20-17/h5-8,12,15H,9-11H2,1-4H3/t12-,15+/m1/s1. The molecule has 0 unspecified atom stereocenters. The second-order valence-electron chi connectivity index (χ2n) is 6.73. The number of ether oxygens (including phenoxy) is 1. The van der Waals surface area contributed by atoms with E-state index in [1.807, 2.05) is 17.0 Å². The molecule has 7 nitrogen and oxygen atoms in total. The predicted octanol–water partition coefficient (Wildman–Crippen LogP) is 1.98. The van der Waals surface area contributed by atoms with E-state index >= 15 is 0 Å². The maximum Gasteiger partial charge on any atom is 0.257 e. The van der Waals surface area contributed by atoms with Crippen LogP contribution < -0.4 is 4.74 Å². The van der Waals surface area contributed by atoms with E-state index in [9.17, 15) is 4.79 Å². The summed E-state index contributed by atoms with van der Waals surface area (Å²) in [6, 6.07) is 7.67. The van der Waals surface area contributed by atoms with E-state index in [4.69, 9.17) is 9.26 Å². The topological polar surface area (TPSA) is 71.7 Å². The molecule has 0 saturated carbocycles. The van der Waals surface area contributed by atoms with Gasteiger partial charge in [0.15, 0.2) is 6.61 Å². The molecule has 2 aromatic rings. The quantitative estimate of drug-likeness (QED) is 0.826. The summed E-state index contributed by atoms with van der Waals surface area (Å²) in [7, 11) is 4.11. The van der Waals surface area contributed by atoms with Gasteiger partial charge in [-0.05, 0) is 32.1 Å². The first-order chi connectivity index (χ1) is 12.0. The van der Waals surface area contributed by atoms with Gasteiger partial charge < -0.3 is 19.1 Å². The van der Waals surface area contributed by atoms with Crippen molar-refractivity contribution in [1.29, 1.82) is 0 Å². The first kappa shape index (κ1) is 17.4. The molecule has 2 atom stereocenters. The van der Waals surface area contributed by atoms with Crippen LogP contribution in [0, 0.1) is 12.8 Å². The van der Waals surface area contributed by atoms with E-state index in [-0.39, 0.29) is 12.5 Å². The van der Waals surface area contributed by atoms with Gasteiger partial charge in [-0.3, -0.25) is 4.79 Å². The number of nitrogens with zero attached hydrogens (tertiary/aromatic N) is 4. The second-order valence-corrected chi connectivity index (χ2v) is 6.73. The summed E-state index contributed by atoms with van der Waals surface area (Å²) in [6.07, 6.45) is 0. The van der Waals surface area contributed by atoms with Crippen molar-refractivity contribution < 1.29 is 14.1 Å². The number of aromatic nitrogens is 2. The number of hydrogen-bond donors (Lipinski definition) is 0. The molecule has 25 heavy (non-hydrogen) atoms. The molecule has 0 N–H and O–H groups in total. The Morgan fingerprint density at radius 2 is 2.12 bits per heavy atom. The van der Waals surface area contributed by atoms with Crippen LogP contribution in [0.15, 0.2) is 28.8 Å². The molecule has 0 bridgehead atoms. The normalized spacial score (nSPS) is 20.3. The molecule has 0 spiro atoms. The molecule has 1 aromatic heterocycles. The average Bonchev–Trinajstić information content (AvgIpc) is 3.18. The number of para-hydroxylation sites is 1. The summed E-state index contributed by atoms with van der Waals surface area (Å²) >= 11 is 0. The molecule has 0 radical (unpaired) electrons. The Hall–Kier alpha value is -2.41. The lowest BCUT2D eigenvalue weighted by Crippen LogP contribution is -2.35. The Labute approximate surface area is 147 Å². The van der Waals surface area contributed by atoms with Crippen LogP contribution in [0.3, 0.4) is 0 Å². The maximum absolute atomic E-state index is 13.0. The highest BCUT2D eigenvalue weighted by Gasteiger charge is 2.34. The molecular weight excluding hydrogens is 320 g/mol. The molecule has 0 aliphatic carbocycles. The fraction of sp³-hybridized carbons (Fsp3) is 0.500. The van der Waals surface area contributed by atoms with Gasteiger partial charge in [0.05, 0.1) is 5.56 Å². The summed E-state index contributed by atoms with van der Waals surface area (Å²) in [5.74, 6) is 1.92. The van der Waals surface area contributed by atoms with Gasteiger partial charge in [-0.15, -0.1) is 0 Å². The monoisotopic (exact) mass is 344 g/mol. The molecule has 1 fully saturated rings. The third kappa shape index (κ3) is 3.82. The summed E-state index contributed by atoms with van der Waals surface area (Å²) in [6.45, 7) is 5.55. The molecule has 7 heteroatoms. The van der Waals surface area contributed by atoms with Crippen molar-refractivity contribution in [3.63, 3.8) is 0 Å². The fourth-order valence-electron chi connectivity index (χ4n) is 3.27. The molecule has 2 heterocycles. The van der Waals surface area contributed by atoms with Gasteiger partial charge in [0, 0.05) is 26.1 Å². The van der Waals surface area contributed by atoms with Crippen LogP contribution in [0.25, 0.3) is 0 Å². The van der Waals surface area contributed by atoms with Gasteiger partial charge in [-0.25, -0.2) is 0 Å². The number of amides is 1. The fourth-order valence-corrected chi connectivity index (χ4v) is 3.27. The highest BCUT2D eigenvalue weighted by molar-refractivity contribution is 5.97. The van der Waals surface area contributed by atoms with E-state index in [2.05, 4.69) is 36.1 Å². The van der Waals surface area contributed by atoms with Gasteiger partial charge >= 0.3 is 0 Å². The molecule has 1 amide bonds. The number of likely N-dealkylation sites (tertiary alicyclic amines) is 1. The minimum atomic E-state index is -0.00362. The van der Waals surface area contributed by atoms with Crippen LogP contribution in [0.4, 0.5) is 0 Å². The smallest absolute Gasteiger partial charge is 0.257 e. The van der Waals surface area contributed by atoms with E-state index in [0.29, 0.717) is 35.0 Å². The van der Waals surface area contributed by atoms with Crippen LogP contribution >= 0.6 is 0 Å². The number of aryl methyl sites for hydroxylation is 1. The number of carbonyl (C=O) groups excluding carboxylic acids is 1. The number of hydrogen-bond acceptors (Lipinski definition) is 6. The van der Waals surface area contributed by atoms with Gasteiger partial charge in [0.1, 0.15) is 5.75 Å². The van der Waals surface area contributed by atoms with Crippen LogP contribution in [-0.4, -0.2) is 59.1 Å². The summed E-state index contributed by atoms with van der Waals surface area (Å²) in [4.78, 5) is 21.2. The summed E-state index contributed by atoms with van der Waals surface area (Å²) < 4.78 is 10.7. The zero-order chi connectivity index (χ0) is 18.0. The Balaban J connectivity index is 1.73. The summed E-state index contributed by atoms with van der Waals surface area (Å²) in [5.41, 5.74) is 0.564. The molecule has 1 aliphatic rings. The van der Waals surface area contributed by atoms with E-state index < -0.39 is 0 Å². The largest absolute Gasteiger partial charge is 0.485 e. The molecular formula is C18H24N4O3. The lowest BCUT2D eigenvalue weighted by atomic mass is 10.1. The molecule has 1 aliphatic heterocycles. The van der Waals surface area contributed by atoms with E-state index in [1.165, 1.54) is 0 Å². The number of carbonyl (C=O) groups is 1. The Morgan fingerprint density at radius 1 is 1.36 bits per heavy atom. The zero-order valence-electron chi connectivity index (χ0n) is 15.1. The van der Waals surface area contributed by atoms with Crippen molar-refractivity contribution in [3.8, 4) is 5.75 Å². The van der Waals surface area contributed by atoms with Crippen molar-refractivity contribution in [2.45, 2.75) is 26.5 Å². The minimum Gasteiger partial charge on any atom is -0.485 e. The zero-order valence-corrected chi connectivity index (χ0v) is 15.1. The van der Waals surface area contributed by atoms with Crippen LogP contribution in [0.1, 0.15) is 29.0 Å². The van der Waals surface area contributed by atoms with Gasteiger partial charge in [-0.1, -0.05) is 24.2 Å². The number of likely N-dealkylation sites (N-methyl/N-ethyl adjacent to an activating group) is 1. The minimum absolute atomic E-state index is 0.00362. The van der Waals surface area contributed by atoms with Crippen molar-refractivity contribution >= 4 is 5.91 Å². The van der Waals surface area contributed by atoms with Crippen LogP contribution in [0.5, 0.6) is 5.75 Å². The predicted molar refractivity (Wildman–Crippen MR) is 92.4 cm³/mol. The Kier molecular flexibility index (Phi) is 5.03. The lowest BCUT2D eigenvalue weighted by molar-refractivity contribution is 0.0776. The molecule has 3 rings (SSSR count). The SMILES string of the molecule is Cc1nc(COc2ccccc2C(=O)N2C[C@@H](C)[C@@H](N(C)C)C2)no1. The van der Waals surface area contributed by atoms with Gasteiger partial charge in [0.25, 0.3) is 5.91 Å². The van der Waals surface area contributed by atoms with Crippen molar-refractivity contribution in [2.75, 3.05) is 27.2 Å². The van der Waals surface area contributed by atoms with E-state index in [1.54, 1.807) is 19.1 Å². The highest BCUT2D eigenvalue weighted by atomic mass is 16.5. The third-order valence-electron chi connectivity index (χ3n) is 4.57. The second kappa shape index (κ2) is 7.23. The Bertz CT molecular complexity index is 743. The van der Waals surface area contributed by atoms with E-state index in [0.717, 1.165) is 13.1 Å². The maximum atomic E-state index is 13.0. The number of rotatable bonds is 5. The van der Waals surface area contributed by atoms with Crippen molar-refractivity contribution in [1.82, 2.24) is 19.9 Å². The molecule has 134 valence electrons. The first-order valence-electron chi connectivity index (χ1n) is 8.42. The lowest BCUT2D eigenvalue weighted by Gasteiger charge is -2.22. The van der Waals surface area contributed by atoms with Crippen LogP contribution in [0.2, 0.25) is 0 Å².